The van der Waals surface area contributed by atoms with Crippen molar-refractivity contribution in [2.75, 3.05) is 13.2 Å². The van der Waals surface area contributed by atoms with Gasteiger partial charge in [-0.3, -0.25) is 0 Å². The van der Waals surface area contributed by atoms with Crippen LogP contribution in [0.5, 0.6) is 5.06 Å². The van der Waals surface area contributed by atoms with Crippen molar-refractivity contribution in [3.63, 3.8) is 0 Å². The lowest BCUT2D eigenvalue weighted by Crippen LogP contribution is -2.17. The molecule has 0 spiro atoms. The molecule has 2 heterocycles. The Morgan fingerprint density at radius 3 is 3.05 bits per heavy atom. The van der Waals surface area contributed by atoms with Crippen LogP contribution in [-0.4, -0.2) is 35.0 Å². The monoisotopic (exact) mass is 310 g/mol. The van der Waals surface area contributed by atoms with Crippen molar-refractivity contribution < 1.29 is 19.0 Å². The number of imidazole rings is 1. The molecule has 2 aromatic heterocycles. The van der Waals surface area contributed by atoms with Crippen LogP contribution in [0.15, 0.2) is 30.9 Å². The summed E-state index contributed by atoms with van der Waals surface area (Å²) in [6.07, 6.45) is 4.78. The molecule has 0 bridgehead atoms. The SMILES string of the molecule is CCOC(C)OC(=O)c1ccc(OCCn2ccnc2)s1. The third kappa shape index (κ3) is 4.87. The largest absolute Gasteiger partial charge is 0.482 e. The quantitative estimate of drug-likeness (QED) is 0.554. The van der Waals surface area contributed by atoms with Crippen LogP contribution < -0.4 is 4.74 Å². The second-order valence-electron chi connectivity index (χ2n) is 4.20. The second-order valence-corrected chi connectivity index (χ2v) is 5.24. The van der Waals surface area contributed by atoms with Crippen molar-refractivity contribution in [2.24, 2.45) is 0 Å². The van der Waals surface area contributed by atoms with E-state index in [0.29, 0.717) is 29.7 Å². The highest BCUT2D eigenvalue weighted by Crippen LogP contribution is 2.25. The molecule has 0 aromatic carbocycles. The van der Waals surface area contributed by atoms with E-state index in [1.54, 1.807) is 31.6 Å². The Morgan fingerprint density at radius 1 is 1.48 bits per heavy atom. The maximum absolute atomic E-state index is 11.8. The van der Waals surface area contributed by atoms with Gasteiger partial charge in [0.1, 0.15) is 11.5 Å². The highest BCUT2D eigenvalue weighted by atomic mass is 32.1. The smallest absolute Gasteiger partial charge is 0.350 e. The van der Waals surface area contributed by atoms with E-state index in [-0.39, 0.29) is 0 Å². The van der Waals surface area contributed by atoms with Gasteiger partial charge in [0, 0.05) is 19.0 Å². The molecule has 0 amide bonds. The van der Waals surface area contributed by atoms with E-state index in [2.05, 4.69) is 4.98 Å². The van der Waals surface area contributed by atoms with Crippen LogP contribution in [0, 0.1) is 0 Å². The van der Waals surface area contributed by atoms with Crippen LogP contribution in [0.25, 0.3) is 0 Å². The van der Waals surface area contributed by atoms with Gasteiger partial charge < -0.3 is 18.8 Å². The highest BCUT2D eigenvalue weighted by Gasteiger charge is 2.14. The van der Waals surface area contributed by atoms with E-state index < -0.39 is 12.3 Å². The molecule has 21 heavy (non-hydrogen) atoms. The summed E-state index contributed by atoms with van der Waals surface area (Å²) in [6, 6.07) is 3.46. The van der Waals surface area contributed by atoms with Gasteiger partial charge in [0.05, 0.1) is 12.9 Å². The standard InChI is InChI=1S/C14H18N2O4S/c1-3-18-11(2)20-14(17)12-4-5-13(21-12)19-9-8-16-7-6-15-10-16/h4-7,10-11H,3,8-9H2,1-2H3. The van der Waals surface area contributed by atoms with Crippen LogP contribution >= 0.6 is 11.3 Å². The summed E-state index contributed by atoms with van der Waals surface area (Å²) in [4.78, 5) is 16.3. The minimum atomic E-state index is -0.546. The van der Waals surface area contributed by atoms with Crippen LogP contribution in [0.3, 0.4) is 0 Å². The summed E-state index contributed by atoms with van der Waals surface area (Å²) in [5, 5.41) is 0.686. The zero-order chi connectivity index (χ0) is 15.1. The average Bonchev–Trinajstić information content (AvgIpc) is 3.10. The van der Waals surface area contributed by atoms with Gasteiger partial charge in [0.15, 0.2) is 5.06 Å². The molecule has 0 aliphatic heterocycles. The first kappa shape index (κ1) is 15.5. The molecule has 114 valence electrons. The number of thiophene rings is 1. The normalized spacial score (nSPS) is 12.1. The maximum atomic E-state index is 11.8. The molecule has 0 fully saturated rings. The van der Waals surface area contributed by atoms with Gasteiger partial charge in [-0.2, -0.15) is 0 Å². The van der Waals surface area contributed by atoms with Crippen LogP contribution in [0.2, 0.25) is 0 Å². The summed E-state index contributed by atoms with van der Waals surface area (Å²) >= 11 is 1.26. The Hall–Kier alpha value is -1.86. The lowest BCUT2D eigenvalue weighted by atomic mass is 10.5. The number of hydrogen-bond donors (Lipinski definition) is 0. The topological polar surface area (TPSA) is 62.6 Å². The van der Waals surface area contributed by atoms with Crippen molar-refractivity contribution >= 4 is 17.3 Å². The first-order chi connectivity index (χ1) is 10.2. The fraction of sp³-hybridized carbons (Fsp3) is 0.429. The molecule has 0 saturated heterocycles. The first-order valence-corrected chi connectivity index (χ1v) is 7.51. The minimum absolute atomic E-state index is 0.398. The molecule has 0 N–H and O–H groups in total. The Bertz CT molecular complexity index is 553. The molecular formula is C14H18N2O4S. The number of carbonyl (C=O) groups is 1. The Balaban J connectivity index is 1.79. The van der Waals surface area contributed by atoms with Crippen molar-refractivity contribution in [3.05, 3.63) is 35.7 Å². The lowest BCUT2D eigenvalue weighted by molar-refractivity contribution is -0.0938. The van der Waals surface area contributed by atoms with Crippen molar-refractivity contribution in [3.8, 4) is 5.06 Å². The average molecular weight is 310 g/mol. The zero-order valence-corrected chi connectivity index (χ0v) is 12.8. The molecule has 2 aromatic rings. The predicted octanol–water partition coefficient (Wildman–Crippen LogP) is 2.56. The summed E-state index contributed by atoms with van der Waals surface area (Å²) in [6.45, 7) is 5.26. The van der Waals surface area contributed by atoms with Gasteiger partial charge in [-0.15, -0.1) is 0 Å². The third-order valence-corrected chi connectivity index (χ3v) is 3.59. The Kier molecular flexibility index (Phi) is 5.77. The van der Waals surface area contributed by atoms with Crippen molar-refractivity contribution in [1.29, 1.82) is 0 Å². The Labute approximate surface area is 127 Å². The minimum Gasteiger partial charge on any atom is -0.482 e. The lowest BCUT2D eigenvalue weighted by Gasteiger charge is -2.11. The summed E-state index contributed by atoms with van der Waals surface area (Å²) < 4.78 is 17.8. The van der Waals surface area contributed by atoms with Crippen molar-refractivity contribution in [2.45, 2.75) is 26.7 Å². The molecule has 0 radical (unpaired) electrons. The highest BCUT2D eigenvalue weighted by molar-refractivity contribution is 7.15. The van der Waals surface area contributed by atoms with Gasteiger partial charge in [-0.25, -0.2) is 9.78 Å². The molecular weight excluding hydrogens is 292 g/mol. The second kappa shape index (κ2) is 7.80. The van der Waals surface area contributed by atoms with E-state index >= 15 is 0 Å². The fourth-order valence-electron chi connectivity index (χ4n) is 1.66. The van der Waals surface area contributed by atoms with E-state index in [0.717, 1.165) is 0 Å². The first-order valence-electron chi connectivity index (χ1n) is 6.70. The van der Waals surface area contributed by atoms with Crippen molar-refractivity contribution in [1.82, 2.24) is 9.55 Å². The van der Waals surface area contributed by atoms with E-state index in [9.17, 15) is 4.79 Å². The van der Waals surface area contributed by atoms with E-state index in [1.165, 1.54) is 11.3 Å². The number of rotatable bonds is 8. The number of hydrogen-bond acceptors (Lipinski definition) is 6. The van der Waals surface area contributed by atoms with Crippen LogP contribution in [0.4, 0.5) is 0 Å². The molecule has 6 nitrogen and oxygen atoms in total. The molecule has 1 atom stereocenters. The molecule has 0 aliphatic carbocycles. The van der Waals surface area contributed by atoms with Crippen LogP contribution in [0.1, 0.15) is 23.5 Å². The van der Waals surface area contributed by atoms with Gasteiger partial charge in [0.25, 0.3) is 0 Å². The zero-order valence-electron chi connectivity index (χ0n) is 12.0. The van der Waals surface area contributed by atoms with E-state index in [4.69, 9.17) is 14.2 Å². The number of nitrogens with zero attached hydrogens (tertiary/aromatic N) is 2. The van der Waals surface area contributed by atoms with E-state index in [1.807, 2.05) is 17.7 Å². The van der Waals surface area contributed by atoms with Gasteiger partial charge in [-0.1, -0.05) is 11.3 Å². The fourth-order valence-corrected chi connectivity index (χ4v) is 2.42. The van der Waals surface area contributed by atoms with Gasteiger partial charge in [0.2, 0.25) is 6.29 Å². The summed E-state index contributed by atoms with van der Waals surface area (Å²) in [5.41, 5.74) is 0. The molecule has 1 unspecified atom stereocenters. The maximum Gasteiger partial charge on any atom is 0.350 e. The number of carbonyl (C=O) groups excluding carboxylic acids is 1. The third-order valence-electron chi connectivity index (χ3n) is 2.61. The molecule has 7 heteroatoms. The molecule has 2 rings (SSSR count). The van der Waals surface area contributed by atoms with Gasteiger partial charge >= 0.3 is 5.97 Å². The van der Waals surface area contributed by atoms with Gasteiger partial charge in [-0.05, 0) is 26.0 Å². The summed E-state index contributed by atoms with van der Waals surface area (Å²) in [7, 11) is 0. The number of esters is 1. The molecule has 0 aliphatic rings. The number of ether oxygens (including phenoxy) is 3. The Morgan fingerprint density at radius 2 is 2.33 bits per heavy atom. The van der Waals surface area contributed by atoms with Crippen LogP contribution in [-0.2, 0) is 16.0 Å². The summed E-state index contributed by atoms with van der Waals surface area (Å²) in [5.74, 6) is -0.398. The number of aromatic nitrogens is 2. The molecule has 0 saturated carbocycles. The predicted molar refractivity (Wildman–Crippen MR) is 78.5 cm³/mol.